The van der Waals surface area contributed by atoms with Crippen LogP contribution in [0, 0.1) is 0 Å². The van der Waals surface area contributed by atoms with E-state index in [1.165, 1.54) is 0 Å². The molecule has 2 aliphatic heterocycles. The van der Waals surface area contributed by atoms with Crippen molar-refractivity contribution < 1.29 is 4.79 Å². The Labute approximate surface area is 96.4 Å². The largest absolute Gasteiger partial charge is 0.325 e. The Morgan fingerprint density at radius 2 is 2.27 bits per heavy atom. The molecule has 0 radical (unpaired) electrons. The van der Waals surface area contributed by atoms with E-state index in [-0.39, 0.29) is 11.3 Å². The van der Waals surface area contributed by atoms with Gasteiger partial charge in [-0.05, 0) is 36.7 Å². The molecule has 2 aliphatic rings. The van der Waals surface area contributed by atoms with Gasteiger partial charge in [-0.3, -0.25) is 4.79 Å². The number of halogens is 1. The number of fused-ring (bicyclic) bond motifs is 2. The summed E-state index contributed by atoms with van der Waals surface area (Å²) in [5.41, 5.74) is 1.78. The first-order valence-corrected chi connectivity index (χ1v) is 5.84. The Balaban J connectivity index is 2.19. The quantitative estimate of drug-likeness (QED) is 0.750. The van der Waals surface area contributed by atoms with E-state index >= 15 is 0 Å². The molecule has 1 amide bonds. The van der Waals surface area contributed by atoms with E-state index in [2.05, 4.69) is 32.6 Å². The first kappa shape index (κ1) is 9.36. The second-order valence-electron chi connectivity index (χ2n) is 4.15. The number of nitrogens with one attached hydrogen (secondary N) is 2. The normalized spacial score (nSPS) is 28.2. The van der Waals surface area contributed by atoms with Crippen molar-refractivity contribution in [2.45, 2.75) is 11.8 Å². The van der Waals surface area contributed by atoms with Crippen LogP contribution in [0.2, 0.25) is 0 Å². The summed E-state index contributed by atoms with van der Waals surface area (Å²) < 4.78 is 1.03. The minimum Gasteiger partial charge on any atom is -0.325 e. The number of rotatable bonds is 0. The van der Waals surface area contributed by atoms with Crippen molar-refractivity contribution >= 4 is 27.5 Å². The van der Waals surface area contributed by atoms with Gasteiger partial charge < -0.3 is 10.6 Å². The average Bonchev–Trinajstić information content (AvgIpc) is 2.78. The molecule has 1 atom stereocenters. The van der Waals surface area contributed by atoms with Crippen LogP contribution in [0.5, 0.6) is 0 Å². The van der Waals surface area contributed by atoms with Gasteiger partial charge in [0.15, 0.2) is 0 Å². The Morgan fingerprint density at radius 3 is 3.00 bits per heavy atom. The molecule has 78 valence electrons. The number of anilines is 1. The maximum Gasteiger partial charge on any atom is 0.236 e. The maximum absolute atomic E-state index is 12.0. The Hall–Kier alpha value is -0.870. The highest BCUT2D eigenvalue weighted by molar-refractivity contribution is 9.10. The first-order chi connectivity index (χ1) is 7.22. The van der Waals surface area contributed by atoms with Gasteiger partial charge in [0.05, 0.1) is 5.41 Å². The topological polar surface area (TPSA) is 41.1 Å². The van der Waals surface area contributed by atoms with Crippen LogP contribution in [0.3, 0.4) is 0 Å². The third-order valence-electron chi connectivity index (χ3n) is 3.34. The molecule has 3 nitrogen and oxygen atoms in total. The maximum atomic E-state index is 12.0. The number of carbonyl (C=O) groups excluding carboxylic acids is 1. The second kappa shape index (κ2) is 3.06. The lowest BCUT2D eigenvalue weighted by Gasteiger charge is -2.19. The van der Waals surface area contributed by atoms with Gasteiger partial charge in [-0.15, -0.1) is 0 Å². The van der Waals surface area contributed by atoms with Gasteiger partial charge in [0.1, 0.15) is 0 Å². The number of carbonyl (C=O) groups is 1. The molecule has 0 bridgehead atoms. The predicted octanol–water partition coefficient (Wildman–Crippen LogP) is 1.63. The highest BCUT2D eigenvalue weighted by Crippen LogP contribution is 2.42. The molecule has 1 fully saturated rings. The summed E-state index contributed by atoms with van der Waals surface area (Å²) in [7, 11) is 0. The fourth-order valence-corrected chi connectivity index (χ4v) is 2.86. The number of hydrogen-bond acceptors (Lipinski definition) is 2. The van der Waals surface area contributed by atoms with Gasteiger partial charge in [-0.2, -0.15) is 0 Å². The molecule has 0 aliphatic carbocycles. The van der Waals surface area contributed by atoms with Crippen molar-refractivity contribution in [1.82, 2.24) is 5.32 Å². The number of hydrogen-bond donors (Lipinski definition) is 2. The second-order valence-corrected chi connectivity index (χ2v) is 5.07. The molecule has 0 saturated carbocycles. The number of benzene rings is 1. The summed E-state index contributed by atoms with van der Waals surface area (Å²) in [6, 6.07) is 5.98. The molecule has 4 heteroatoms. The molecular formula is C11H11BrN2O. The van der Waals surface area contributed by atoms with Gasteiger partial charge in [-0.25, -0.2) is 0 Å². The van der Waals surface area contributed by atoms with Crippen LogP contribution in [0.4, 0.5) is 5.69 Å². The monoisotopic (exact) mass is 266 g/mol. The van der Waals surface area contributed by atoms with Crippen molar-refractivity contribution in [2.24, 2.45) is 0 Å². The molecule has 2 N–H and O–H groups in total. The standard InChI is InChI=1S/C11H11BrN2O/c12-7-1-2-9-8(5-7)11(10(15)14-9)3-4-13-6-11/h1-2,5,13H,3-4,6H2,(H,14,15)/t11-/m0/s1. The van der Waals surface area contributed by atoms with E-state index in [0.717, 1.165) is 35.2 Å². The van der Waals surface area contributed by atoms with Crippen LogP contribution in [0.25, 0.3) is 0 Å². The van der Waals surface area contributed by atoms with Crippen LogP contribution < -0.4 is 10.6 Å². The molecule has 1 aromatic carbocycles. The molecule has 2 heterocycles. The van der Waals surface area contributed by atoms with Crippen LogP contribution in [0.15, 0.2) is 22.7 Å². The molecule has 15 heavy (non-hydrogen) atoms. The third-order valence-corrected chi connectivity index (χ3v) is 3.83. The minimum atomic E-state index is -0.320. The van der Waals surface area contributed by atoms with Crippen LogP contribution in [-0.4, -0.2) is 19.0 Å². The summed E-state index contributed by atoms with van der Waals surface area (Å²) in [5, 5.41) is 6.23. The zero-order valence-corrected chi connectivity index (χ0v) is 9.73. The molecule has 1 saturated heterocycles. The Bertz CT molecular complexity index is 438. The summed E-state index contributed by atoms with van der Waals surface area (Å²) in [5.74, 6) is 0.139. The van der Waals surface area contributed by atoms with Crippen molar-refractivity contribution in [2.75, 3.05) is 18.4 Å². The zero-order chi connectivity index (χ0) is 10.5. The lowest BCUT2D eigenvalue weighted by Crippen LogP contribution is -2.36. The zero-order valence-electron chi connectivity index (χ0n) is 8.14. The molecular weight excluding hydrogens is 256 g/mol. The molecule has 1 aromatic rings. The van der Waals surface area contributed by atoms with E-state index in [1.807, 2.05) is 12.1 Å². The summed E-state index contributed by atoms with van der Waals surface area (Å²) in [6.07, 6.45) is 0.891. The van der Waals surface area contributed by atoms with Crippen LogP contribution >= 0.6 is 15.9 Å². The van der Waals surface area contributed by atoms with E-state index in [0.29, 0.717) is 0 Å². The molecule has 0 unspecified atom stereocenters. The Morgan fingerprint density at radius 1 is 1.40 bits per heavy atom. The summed E-state index contributed by atoms with van der Waals surface area (Å²) >= 11 is 3.46. The average molecular weight is 267 g/mol. The van der Waals surface area contributed by atoms with Crippen LogP contribution in [-0.2, 0) is 10.2 Å². The lowest BCUT2D eigenvalue weighted by atomic mass is 9.81. The fourth-order valence-electron chi connectivity index (χ4n) is 2.50. The third kappa shape index (κ3) is 1.18. The Kier molecular flexibility index (Phi) is 1.91. The van der Waals surface area contributed by atoms with Crippen molar-refractivity contribution in [3.63, 3.8) is 0 Å². The summed E-state index contributed by atoms with van der Waals surface area (Å²) in [6.45, 7) is 1.67. The van der Waals surface area contributed by atoms with Gasteiger partial charge in [0, 0.05) is 16.7 Å². The highest BCUT2D eigenvalue weighted by atomic mass is 79.9. The van der Waals surface area contributed by atoms with Crippen molar-refractivity contribution in [3.05, 3.63) is 28.2 Å². The van der Waals surface area contributed by atoms with E-state index in [4.69, 9.17) is 0 Å². The van der Waals surface area contributed by atoms with Gasteiger partial charge in [0.25, 0.3) is 0 Å². The molecule has 0 aromatic heterocycles. The van der Waals surface area contributed by atoms with E-state index in [1.54, 1.807) is 0 Å². The SMILES string of the molecule is O=C1Nc2ccc(Br)cc2[C@@]12CCNC2. The van der Waals surface area contributed by atoms with Gasteiger partial charge >= 0.3 is 0 Å². The highest BCUT2D eigenvalue weighted by Gasteiger charge is 2.48. The van der Waals surface area contributed by atoms with Crippen molar-refractivity contribution in [3.8, 4) is 0 Å². The molecule has 1 spiro atoms. The molecule has 3 rings (SSSR count). The minimum absolute atomic E-state index is 0.139. The smallest absolute Gasteiger partial charge is 0.236 e. The first-order valence-electron chi connectivity index (χ1n) is 5.05. The fraction of sp³-hybridized carbons (Fsp3) is 0.364. The lowest BCUT2D eigenvalue weighted by molar-refractivity contribution is -0.120. The number of amides is 1. The van der Waals surface area contributed by atoms with E-state index in [9.17, 15) is 4.79 Å². The van der Waals surface area contributed by atoms with Gasteiger partial charge in [0.2, 0.25) is 5.91 Å². The van der Waals surface area contributed by atoms with E-state index < -0.39 is 0 Å². The van der Waals surface area contributed by atoms with Gasteiger partial charge in [-0.1, -0.05) is 15.9 Å². The van der Waals surface area contributed by atoms with Crippen molar-refractivity contribution in [1.29, 1.82) is 0 Å². The predicted molar refractivity (Wildman–Crippen MR) is 61.9 cm³/mol. The van der Waals surface area contributed by atoms with Crippen LogP contribution in [0.1, 0.15) is 12.0 Å². The summed E-state index contributed by atoms with van der Waals surface area (Å²) in [4.78, 5) is 12.0.